The summed E-state index contributed by atoms with van der Waals surface area (Å²) >= 11 is 0. The van der Waals surface area contributed by atoms with Crippen LogP contribution in [0.5, 0.6) is 0 Å². The highest BCUT2D eigenvalue weighted by molar-refractivity contribution is 5.96. The molecule has 0 heterocycles. The van der Waals surface area contributed by atoms with Gasteiger partial charge in [0.05, 0.1) is 32.8 Å². The standard InChI is InChI=1S/C25H37N5O8/c1-25(2,29-14-22(34)27-13-21(33)28-15-23(35)37-4)19(31)10-11-20(32)30-17-8-6-16(7-9-17)12-18(26-3)24(36)38-5/h6-9,18,26,29H,10-15H2,1-5H3,(H,27,34)(H,28,33)(H,30,32)/t18-/m0/s1. The van der Waals surface area contributed by atoms with Crippen LogP contribution in [0.15, 0.2) is 24.3 Å². The van der Waals surface area contributed by atoms with Crippen LogP contribution in [0.2, 0.25) is 0 Å². The van der Waals surface area contributed by atoms with E-state index >= 15 is 0 Å². The van der Waals surface area contributed by atoms with Crippen molar-refractivity contribution in [3.8, 4) is 0 Å². The van der Waals surface area contributed by atoms with Crippen LogP contribution in [-0.4, -0.2) is 87.9 Å². The molecule has 3 amide bonds. The van der Waals surface area contributed by atoms with Crippen LogP contribution < -0.4 is 26.6 Å². The van der Waals surface area contributed by atoms with Crippen molar-refractivity contribution in [1.29, 1.82) is 0 Å². The molecule has 1 aromatic rings. The SMILES string of the molecule is CN[C@@H](Cc1ccc(NC(=O)CCC(=O)C(C)(C)NCC(=O)NCC(=O)NCC(=O)OC)cc1)C(=O)OC. The number of hydrogen-bond donors (Lipinski definition) is 5. The number of ether oxygens (including phenoxy) is 2. The Labute approximate surface area is 221 Å². The average Bonchev–Trinajstić information content (AvgIpc) is 2.91. The van der Waals surface area contributed by atoms with Crippen LogP contribution in [0.25, 0.3) is 0 Å². The second-order valence-corrected chi connectivity index (χ2v) is 8.84. The number of carbonyl (C=O) groups excluding carboxylic acids is 6. The summed E-state index contributed by atoms with van der Waals surface area (Å²) in [5, 5.41) is 13.1. The molecular formula is C25H37N5O8. The van der Waals surface area contributed by atoms with E-state index in [2.05, 4.69) is 31.3 Å². The number of Topliss-reactive ketones (excluding diaryl/α,β-unsaturated/α-hetero) is 1. The van der Waals surface area contributed by atoms with E-state index in [9.17, 15) is 28.8 Å². The van der Waals surface area contributed by atoms with Crippen molar-refractivity contribution in [2.75, 3.05) is 46.2 Å². The molecule has 0 fully saturated rings. The summed E-state index contributed by atoms with van der Waals surface area (Å²) in [5.74, 6) is -2.69. The maximum absolute atomic E-state index is 12.6. The van der Waals surface area contributed by atoms with Gasteiger partial charge >= 0.3 is 11.9 Å². The molecule has 1 rings (SSSR count). The van der Waals surface area contributed by atoms with Gasteiger partial charge in [-0.25, -0.2) is 0 Å². The normalized spacial score (nSPS) is 11.6. The topological polar surface area (TPSA) is 181 Å². The minimum atomic E-state index is -1.09. The fraction of sp³-hybridized carbons (Fsp3) is 0.520. The minimum absolute atomic E-state index is 0.0511. The Morgan fingerprint density at radius 1 is 0.816 bits per heavy atom. The molecule has 0 radical (unpaired) electrons. The monoisotopic (exact) mass is 535 g/mol. The Hall–Kier alpha value is -3.84. The largest absolute Gasteiger partial charge is 0.468 e. The summed E-state index contributed by atoms with van der Waals surface area (Å²) in [7, 11) is 4.18. The Bertz CT molecular complexity index is 994. The number of hydrogen-bond acceptors (Lipinski definition) is 10. The van der Waals surface area contributed by atoms with Gasteiger partial charge in [0.15, 0.2) is 5.78 Å². The number of anilines is 1. The van der Waals surface area contributed by atoms with Gasteiger partial charge in [0, 0.05) is 18.5 Å². The van der Waals surface area contributed by atoms with Crippen molar-refractivity contribution < 1.29 is 38.2 Å². The van der Waals surface area contributed by atoms with Crippen molar-refractivity contribution in [3.63, 3.8) is 0 Å². The fourth-order valence-corrected chi connectivity index (χ4v) is 3.12. The maximum atomic E-state index is 12.6. The van der Waals surface area contributed by atoms with Gasteiger partial charge in [-0.1, -0.05) is 12.1 Å². The van der Waals surface area contributed by atoms with Crippen LogP contribution in [-0.2, 0) is 44.7 Å². The van der Waals surface area contributed by atoms with Gasteiger partial charge in [-0.3, -0.25) is 34.1 Å². The van der Waals surface area contributed by atoms with Crippen LogP contribution in [0, 0.1) is 0 Å². The van der Waals surface area contributed by atoms with Gasteiger partial charge in [0.2, 0.25) is 17.7 Å². The Balaban J connectivity index is 2.42. The van der Waals surface area contributed by atoms with Crippen molar-refractivity contribution in [2.45, 2.75) is 44.7 Å². The minimum Gasteiger partial charge on any atom is -0.468 e. The van der Waals surface area contributed by atoms with Crippen LogP contribution in [0.3, 0.4) is 0 Å². The molecule has 38 heavy (non-hydrogen) atoms. The second kappa shape index (κ2) is 16.1. The summed E-state index contributed by atoms with van der Waals surface area (Å²) in [5.41, 5.74) is 0.340. The third kappa shape index (κ3) is 11.9. The summed E-state index contributed by atoms with van der Waals surface area (Å²) in [6.45, 7) is 2.31. The van der Waals surface area contributed by atoms with Crippen molar-refractivity contribution in [1.82, 2.24) is 21.3 Å². The van der Waals surface area contributed by atoms with Gasteiger partial charge in [0.25, 0.3) is 0 Å². The molecule has 0 bridgehead atoms. The molecule has 210 valence electrons. The number of benzene rings is 1. The average molecular weight is 536 g/mol. The first-order chi connectivity index (χ1) is 17.9. The Kier molecular flexibility index (Phi) is 13.6. The predicted molar refractivity (Wildman–Crippen MR) is 138 cm³/mol. The zero-order valence-corrected chi connectivity index (χ0v) is 22.4. The van der Waals surface area contributed by atoms with Crippen LogP contribution in [0.1, 0.15) is 32.3 Å². The van der Waals surface area contributed by atoms with Gasteiger partial charge in [-0.15, -0.1) is 0 Å². The van der Waals surface area contributed by atoms with E-state index in [1.54, 1.807) is 45.2 Å². The molecule has 0 unspecified atom stereocenters. The Morgan fingerprint density at radius 3 is 2.00 bits per heavy atom. The van der Waals surface area contributed by atoms with Gasteiger partial charge in [-0.2, -0.15) is 0 Å². The number of likely N-dealkylation sites (N-methyl/N-ethyl adjacent to an activating group) is 1. The predicted octanol–water partition coefficient (Wildman–Crippen LogP) is -0.948. The lowest BCUT2D eigenvalue weighted by Gasteiger charge is -2.24. The summed E-state index contributed by atoms with van der Waals surface area (Å²) in [6, 6.07) is 6.51. The first-order valence-corrected chi connectivity index (χ1v) is 11.9. The molecule has 0 spiro atoms. The van der Waals surface area contributed by atoms with Crippen molar-refractivity contribution >= 4 is 41.1 Å². The van der Waals surface area contributed by atoms with Gasteiger partial charge < -0.3 is 30.7 Å². The number of ketones is 1. The smallest absolute Gasteiger partial charge is 0.325 e. The molecule has 13 nitrogen and oxygen atoms in total. The van der Waals surface area contributed by atoms with E-state index in [0.29, 0.717) is 12.1 Å². The molecule has 13 heteroatoms. The zero-order chi connectivity index (χ0) is 28.7. The van der Waals surface area contributed by atoms with E-state index in [1.807, 2.05) is 0 Å². The summed E-state index contributed by atoms with van der Waals surface area (Å²) < 4.78 is 9.14. The molecule has 0 aliphatic carbocycles. The molecule has 0 saturated carbocycles. The van der Waals surface area contributed by atoms with E-state index in [1.165, 1.54) is 14.2 Å². The number of esters is 2. The molecule has 0 aromatic heterocycles. The van der Waals surface area contributed by atoms with Gasteiger partial charge in [0.1, 0.15) is 12.6 Å². The zero-order valence-electron chi connectivity index (χ0n) is 22.4. The van der Waals surface area contributed by atoms with E-state index in [-0.39, 0.29) is 50.1 Å². The quantitative estimate of drug-likeness (QED) is 0.166. The van der Waals surface area contributed by atoms with E-state index < -0.39 is 29.4 Å². The fourth-order valence-electron chi connectivity index (χ4n) is 3.12. The lowest BCUT2D eigenvalue weighted by Crippen LogP contribution is -2.51. The van der Waals surface area contributed by atoms with Crippen molar-refractivity contribution in [2.24, 2.45) is 0 Å². The molecule has 1 aromatic carbocycles. The first kappa shape index (κ1) is 32.2. The van der Waals surface area contributed by atoms with Crippen molar-refractivity contribution in [3.05, 3.63) is 29.8 Å². The van der Waals surface area contributed by atoms with E-state index in [0.717, 1.165) is 5.56 Å². The second-order valence-electron chi connectivity index (χ2n) is 8.84. The lowest BCUT2D eigenvalue weighted by molar-refractivity contribution is -0.143. The van der Waals surface area contributed by atoms with Crippen LogP contribution >= 0.6 is 0 Å². The number of methoxy groups -OCH3 is 2. The summed E-state index contributed by atoms with van der Waals surface area (Å²) in [4.78, 5) is 71.2. The number of amides is 3. The maximum Gasteiger partial charge on any atom is 0.325 e. The van der Waals surface area contributed by atoms with Gasteiger partial charge in [-0.05, 0) is 45.0 Å². The highest BCUT2D eigenvalue weighted by Crippen LogP contribution is 2.14. The molecule has 1 atom stereocenters. The highest BCUT2D eigenvalue weighted by Gasteiger charge is 2.27. The number of nitrogens with one attached hydrogen (secondary N) is 5. The Morgan fingerprint density at radius 2 is 1.42 bits per heavy atom. The lowest BCUT2D eigenvalue weighted by atomic mass is 9.95. The first-order valence-electron chi connectivity index (χ1n) is 11.9. The number of rotatable bonds is 16. The third-order valence-electron chi connectivity index (χ3n) is 5.58. The summed E-state index contributed by atoms with van der Waals surface area (Å²) in [6.07, 6.45) is 0.321. The molecule has 0 saturated heterocycles. The third-order valence-corrected chi connectivity index (χ3v) is 5.58. The van der Waals surface area contributed by atoms with Crippen LogP contribution in [0.4, 0.5) is 5.69 Å². The molecular weight excluding hydrogens is 498 g/mol. The molecule has 0 aliphatic rings. The molecule has 5 N–H and O–H groups in total. The number of carbonyl (C=O) groups is 6. The highest BCUT2D eigenvalue weighted by atomic mass is 16.5. The molecule has 0 aliphatic heterocycles. The van der Waals surface area contributed by atoms with E-state index in [4.69, 9.17) is 4.74 Å².